The number of hydrogen-bond acceptors (Lipinski definition) is 6. The molecule has 0 aromatic carbocycles. The Balaban J connectivity index is 1.59. The molecular weight excluding hydrogens is 314 g/mol. The molecule has 1 amide bonds. The normalized spacial score (nSPS) is 23.2. The highest BCUT2D eigenvalue weighted by Crippen LogP contribution is 2.27. The van der Waals surface area contributed by atoms with Crippen LogP contribution < -0.4 is 0 Å². The third-order valence-corrected chi connectivity index (χ3v) is 5.37. The summed E-state index contributed by atoms with van der Waals surface area (Å²) in [4.78, 5) is 16.6. The van der Waals surface area contributed by atoms with Gasteiger partial charge in [-0.25, -0.2) is 0 Å². The molecule has 23 heavy (non-hydrogen) atoms. The Morgan fingerprint density at radius 1 is 1.30 bits per heavy atom. The number of morpholine rings is 1. The lowest BCUT2D eigenvalue weighted by atomic mass is 9.97. The van der Waals surface area contributed by atoms with Gasteiger partial charge in [-0.2, -0.15) is 0 Å². The van der Waals surface area contributed by atoms with E-state index in [4.69, 9.17) is 4.74 Å². The Kier molecular flexibility index (Phi) is 5.55. The van der Waals surface area contributed by atoms with Gasteiger partial charge in [0.15, 0.2) is 5.16 Å². The van der Waals surface area contributed by atoms with Gasteiger partial charge < -0.3 is 14.2 Å². The molecule has 2 fully saturated rings. The van der Waals surface area contributed by atoms with E-state index in [1.165, 1.54) is 0 Å². The number of carbonyl (C=O) groups excluding carboxylic acids is 1. The third kappa shape index (κ3) is 3.87. The minimum Gasteiger partial charge on any atom is -0.378 e. The van der Waals surface area contributed by atoms with Crippen molar-refractivity contribution in [3.63, 3.8) is 0 Å². The van der Waals surface area contributed by atoms with Gasteiger partial charge in [-0.1, -0.05) is 11.8 Å². The highest BCUT2D eigenvalue weighted by Gasteiger charge is 2.28. The van der Waals surface area contributed by atoms with Gasteiger partial charge in [0.25, 0.3) is 0 Å². The van der Waals surface area contributed by atoms with Crippen LogP contribution in [0.25, 0.3) is 0 Å². The number of nitrogens with zero attached hydrogens (tertiary/aromatic N) is 5. The molecule has 2 saturated heterocycles. The van der Waals surface area contributed by atoms with Gasteiger partial charge in [0.2, 0.25) is 5.91 Å². The summed E-state index contributed by atoms with van der Waals surface area (Å²) in [6, 6.07) is 0. The molecule has 0 spiro atoms. The zero-order valence-electron chi connectivity index (χ0n) is 13.9. The summed E-state index contributed by atoms with van der Waals surface area (Å²) in [6.07, 6.45) is 4.23. The Morgan fingerprint density at radius 2 is 2.09 bits per heavy atom. The van der Waals surface area contributed by atoms with Crippen LogP contribution in [0.5, 0.6) is 0 Å². The van der Waals surface area contributed by atoms with Crippen molar-refractivity contribution in [2.75, 3.05) is 52.2 Å². The lowest BCUT2D eigenvalue weighted by Gasteiger charge is -2.34. The van der Waals surface area contributed by atoms with Gasteiger partial charge in [-0.3, -0.25) is 9.69 Å². The van der Waals surface area contributed by atoms with Crippen molar-refractivity contribution < 1.29 is 9.53 Å². The van der Waals surface area contributed by atoms with E-state index in [1.807, 2.05) is 18.2 Å². The summed E-state index contributed by atoms with van der Waals surface area (Å²) in [7, 11) is 2.03. The summed E-state index contributed by atoms with van der Waals surface area (Å²) in [5, 5.41) is 9.55. The molecule has 7 nitrogen and oxygen atoms in total. The zero-order chi connectivity index (χ0) is 16.2. The molecule has 0 unspecified atom stereocenters. The summed E-state index contributed by atoms with van der Waals surface area (Å²) in [5.74, 6) is 1.62. The second-order valence-electron chi connectivity index (χ2n) is 6.17. The van der Waals surface area contributed by atoms with Crippen molar-refractivity contribution in [1.29, 1.82) is 0 Å². The van der Waals surface area contributed by atoms with Crippen molar-refractivity contribution in [2.45, 2.75) is 23.9 Å². The van der Waals surface area contributed by atoms with Gasteiger partial charge in [0, 0.05) is 32.6 Å². The quantitative estimate of drug-likeness (QED) is 0.748. The fourth-order valence-corrected chi connectivity index (χ4v) is 3.86. The predicted molar refractivity (Wildman–Crippen MR) is 88.6 cm³/mol. The smallest absolute Gasteiger partial charge is 0.236 e. The van der Waals surface area contributed by atoms with Crippen LogP contribution >= 0.6 is 11.8 Å². The first-order chi connectivity index (χ1) is 11.2. The standard InChI is InChI=1S/C15H25N5O2S/c1-18-14(16-17-15(18)23-2)12-4-3-5-19(10-12)11-13(21)20-6-8-22-9-7-20/h12H,3-11H2,1-2H3/t12-/m1/s1. The van der Waals surface area contributed by atoms with E-state index in [2.05, 4.69) is 19.7 Å². The Hall–Kier alpha value is -1.12. The SMILES string of the molecule is CSc1nnc([C@@H]2CCCN(CC(=O)N3CCOCC3)C2)n1C. The van der Waals surface area contributed by atoms with Crippen molar-refractivity contribution in [3.8, 4) is 0 Å². The lowest BCUT2D eigenvalue weighted by molar-refractivity contribution is -0.136. The van der Waals surface area contributed by atoms with Crippen molar-refractivity contribution >= 4 is 17.7 Å². The second-order valence-corrected chi connectivity index (χ2v) is 6.94. The van der Waals surface area contributed by atoms with E-state index < -0.39 is 0 Å². The van der Waals surface area contributed by atoms with Crippen LogP contribution in [0, 0.1) is 0 Å². The summed E-state index contributed by atoms with van der Waals surface area (Å²) < 4.78 is 7.40. The number of piperidine rings is 1. The summed E-state index contributed by atoms with van der Waals surface area (Å²) in [6.45, 7) is 5.13. The number of carbonyl (C=O) groups is 1. The van der Waals surface area contributed by atoms with E-state index in [1.54, 1.807) is 11.8 Å². The second kappa shape index (κ2) is 7.63. The molecule has 0 aliphatic carbocycles. The fourth-order valence-electron chi connectivity index (χ4n) is 3.37. The molecule has 1 aromatic rings. The molecule has 2 aliphatic rings. The molecular formula is C15H25N5O2S. The first-order valence-electron chi connectivity index (χ1n) is 8.20. The number of likely N-dealkylation sites (tertiary alicyclic amines) is 1. The highest BCUT2D eigenvalue weighted by molar-refractivity contribution is 7.98. The number of thioether (sulfide) groups is 1. The average molecular weight is 339 g/mol. The summed E-state index contributed by atoms with van der Waals surface area (Å²) >= 11 is 1.61. The number of amides is 1. The van der Waals surface area contributed by atoms with E-state index in [0.717, 1.165) is 50.0 Å². The summed E-state index contributed by atoms with van der Waals surface area (Å²) in [5.41, 5.74) is 0. The maximum atomic E-state index is 12.4. The van der Waals surface area contributed by atoms with E-state index in [0.29, 0.717) is 25.7 Å². The van der Waals surface area contributed by atoms with Crippen LogP contribution in [0.4, 0.5) is 0 Å². The topological polar surface area (TPSA) is 63.5 Å². The number of ether oxygens (including phenoxy) is 1. The molecule has 1 atom stereocenters. The number of aromatic nitrogens is 3. The zero-order valence-corrected chi connectivity index (χ0v) is 14.7. The van der Waals surface area contributed by atoms with Crippen LogP contribution in [-0.2, 0) is 16.6 Å². The molecule has 1 aromatic heterocycles. The van der Waals surface area contributed by atoms with E-state index in [9.17, 15) is 4.79 Å². The van der Waals surface area contributed by atoms with Crippen LogP contribution in [0.3, 0.4) is 0 Å². The molecule has 3 heterocycles. The molecule has 8 heteroatoms. The van der Waals surface area contributed by atoms with Crippen molar-refractivity contribution in [2.24, 2.45) is 7.05 Å². The number of hydrogen-bond donors (Lipinski definition) is 0. The van der Waals surface area contributed by atoms with Gasteiger partial charge in [0.05, 0.1) is 19.8 Å². The first kappa shape index (κ1) is 16.7. The largest absolute Gasteiger partial charge is 0.378 e. The first-order valence-corrected chi connectivity index (χ1v) is 9.42. The molecule has 0 radical (unpaired) electrons. The van der Waals surface area contributed by atoms with Gasteiger partial charge in [0.1, 0.15) is 5.82 Å². The molecule has 128 valence electrons. The Morgan fingerprint density at radius 3 is 2.78 bits per heavy atom. The highest BCUT2D eigenvalue weighted by atomic mass is 32.2. The molecule has 3 rings (SSSR count). The molecule has 0 saturated carbocycles. The minimum absolute atomic E-state index is 0.219. The van der Waals surface area contributed by atoms with Crippen molar-refractivity contribution in [1.82, 2.24) is 24.6 Å². The maximum Gasteiger partial charge on any atom is 0.236 e. The van der Waals surface area contributed by atoms with Crippen LogP contribution in [0.15, 0.2) is 5.16 Å². The molecule has 0 N–H and O–H groups in total. The van der Waals surface area contributed by atoms with Gasteiger partial charge in [-0.15, -0.1) is 10.2 Å². The minimum atomic E-state index is 0.219. The van der Waals surface area contributed by atoms with Gasteiger partial charge in [-0.05, 0) is 25.6 Å². The van der Waals surface area contributed by atoms with Crippen LogP contribution in [-0.4, -0.2) is 82.7 Å². The molecule has 0 bridgehead atoms. The van der Waals surface area contributed by atoms with Gasteiger partial charge >= 0.3 is 0 Å². The monoisotopic (exact) mass is 339 g/mol. The van der Waals surface area contributed by atoms with Crippen LogP contribution in [0.2, 0.25) is 0 Å². The van der Waals surface area contributed by atoms with Crippen LogP contribution in [0.1, 0.15) is 24.6 Å². The molecule has 2 aliphatic heterocycles. The maximum absolute atomic E-state index is 12.4. The Labute approximate surface area is 141 Å². The third-order valence-electron chi connectivity index (χ3n) is 4.64. The Bertz CT molecular complexity index is 544. The lowest BCUT2D eigenvalue weighted by Crippen LogP contribution is -2.47. The average Bonchev–Trinajstić information content (AvgIpc) is 2.96. The predicted octanol–water partition coefficient (Wildman–Crippen LogP) is 0.575. The number of rotatable bonds is 4. The fraction of sp³-hybridized carbons (Fsp3) is 0.800. The van der Waals surface area contributed by atoms with E-state index >= 15 is 0 Å². The van der Waals surface area contributed by atoms with E-state index in [-0.39, 0.29) is 5.91 Å². The van der Waals surface area contributed by atoms with Crippen molar-refractivity contribution in [3.05, 3.63) is 5.82 Å².